The lowest BCUT2D eigenvalue weighted by molar-refractivity contribution is 0.262. The molecule has 0 atom stereocenters. The van der Waals surface area contributed by atoms with Crippen LogP contribution < -0.4 is 21.3 Å². The zero-order valence-corrected chi connectivity index (χ0v) is 18.7. The quantitative estimate of drug-likeness (QED) is 0.297. The molecule has 2 amide bonds. The number of anilines is 6. The predicted molar refractivity (Wildman–Crippen MR) is 133 cm³/mol. The average Bonchev–Trinajstić information content (AvgIpc) is 2.75. The van der Waals surface area contributed by atoms with Crippen LogP contribution in [0.25, 0.3) is 0 Å². The lowest BCUT2D eigenvalue weighted by Gasteiger charge is -2.11. The van der Waals surface area contributed by atoms with Gasteiger partial charge in [-0.3, -0.25) is 0 Å². The summed E-state index contributed by atoms with van der Waals surface area (Å²) >= 11 is 0. The molecule has 0 bridgehead atoms. The third kappa shape index (κ3) is 6.27. The smallest absolute Gasteiger partial charge is 0.323 e. The van der Waals surface area contributed by atoms with E-state index >= 15 is 0 Å². The summed E-state index contributed by atoms with van der Waals surface area (Å²) in [6, 6.07) is 20.4. The molecule has 33 heavy (non-hydrogen) atoms. The van der Waals surface area contributed by atoms with Crippen LogP contribution in [0, 0.1) is 20.8 Å². The first-order valence-electron chi connectivity index (χ1n) is 10.5. The Morgan fingerprint density at radius 1 is 0.667 bits per heavy atom. The van der Waals surface area contributed by atoms with Crippen LogP contribution >= 0.6 is 0 Å². The fourth-order valence-corrected chi connectivity index (χ4v) is 3.23. The van der Waals surface area contributed by atoms with Gasteiger partial charge in [-0.2, -0.15) is 0 Å². The highest BCUT2D eigenvalue weighted by Gasteiger charge is 2.06. The zero-order chi connectivity index (χ0) is 23.2. The van der Waals surface area contributed by atoms with Crippen molar-refractivity contribution in [2.75, 3.05) is 21.3 Å². The molecule has 166 valence electrons. The first-order valence-corrected chi connectivity index (χ1v) is 10.5. The number of nitrogens with zero attached hydrogens (tertiary/aromatic N) is 3. The monoisotopic (exact) mass is 439 g/mol. The fraction of sp³-hybridized carbons (Fsp3) is 0.120. The van der Waals surface area contributed by atoms with Gasteiger partial charge in [0.15, 0.2) is 0 Å². The summed E-state index contributed by atoms with van der Waals surface area (Å²) in [4.78, 5) is 25.4. The molecule has 0 saturated carbocycles. The molecule has 2 aromatic carbocycles. The van der Waals surface area contributed by atoms with E-state index in [-0.39, 0.29) is 6.03 Å². The van der Waals surface area contributed by atoms with E-state index < -0.39 is 0 Å². The van der Waals surface area contributed by atoms with Gasteiger partial charge in [-0.1, -0.05) is 12.1 Å². The van der Waals surface area contributed by atoms with Crippen LogP contribution in [0.4, 0.5) is 39.3 Å². The van der Waals surface area contributed by atoms with E-state index in [0.717, 1.165) is 28.3 Å². The lowest BCUT2D eigenvalue weighted by atomic mass is 10.2. The summed E-state index contributed by atoms with van der Waals surface area (Å²) in [6.07, 6.45) is 1.75. The Labute approximate surface area is 192 Å². The number of aryl methyl sites for hydroxylation is 3. The van der Waals surface area contributed by atoms with Gasteiger partial charge in [0.1, 0.15) is 23.3 Å². The number of benzene rings is 2. The van der Waals surface area contributed by atoms with Gasteiger partial charge >= 0.3 is 6.03 Å². The van der Waals surface area contributed by atoms with E-state index in [2.05, 4.69) is 36.2 Å². The number of rotatable bonds is 6. The van der Waals surface area contributed by atoms with Crippen LogP contribution in [0.2, 0.25) is 0 Å². The van der Waals surface area contributed by atoms with E-state index in [0.29, 0.717) is 23.1 Å². The molecular weight excluding hydrogens is 414 g/mol. The van der Waals surface area contributed by atoms with Crippen molar-refractivity contribution in [3.63, 3.8) is 0 Å². The summed E-state index contributed by atoms with van der Waals surface area (Å²) in [5.41, 5.74) is 4.44. The number of hydrogen-bond donors (Lipinski definition) is 4. The number of urea groups is 1. The molecule has 8 heteroatoms. The topological polar surface area (TPSA) is 104 Å². The van der Waals surface area contributed by atoms with Gasteiger partial charge in [0.2, 0.25) is 0 Å². The summed E-state index contributed by atoms with van der Waals surface area (Å²) in [7, 11) is 0. The highest BCUT2D eigenvalue weighted by molar-refractivity contribution is 5.99. The van der Waals surface area contributed by atoms with Crippen LogP contribution in [-0.2, 0) is 0 Å². The van der Waals surface area contributed by atoms with Crippen molar-refractivity contribution in [1.29, 1.82) is 0 Å². The van der Waals surface area contributed by atoms with Crippen LogP contribution in [0.15, 0.2) is 72.9 Å². The Bertz CT molecular complexity index is 1270. The molecule has 8 nitrogen and oxygen atoms in total. The predicted octanol–water partition coefficient (Wildman–Crippen LogP) is 5.93. The minimum atomic E-state index is -0.298. The number of aromatic nitrogens is 3. The third-order valence-electron chi connectivity index (χ3n) is 4.70. The molecule has 0 spiro atoms. The van der Waals surface area contributed by atoms with Gasteiger partial charge in [0.05, 0.1) is 0 Å². The second-order valence-corrected chi connectivity index (χ2v) is 7.68. The van der Waals surface area contributed by atoms with Crippen molar-refractivity contribution >= 4 is 40.5 Å². The fourth-order valence-electron chi connectivity index (χ4n) is 3.23. The highest BCUT2D eigenvalue weighted by atomic mass is 16.2. The van der Waals surface area contributed by atoms with E-state index in [9.17, 15) is 4.79 Å². The molecule has 0 saturated heterocycles. The number of carbonyl (C=O) groups is 1. The van der Waals surface area contributed by atoms with Crippen LogP contribution in [0.5, 0.6) is 0 Å². The van der Waals surface area contributed by atoms with Gasteiger partial charge in [0, 0.05) is 29.3 Å². The van der Waals surface area contributed by atoms with Crippen LogP contribution in [0.3, 0.4) is 0 Å². The molecule has 0 fully saturated rings. The maximum absolute atomic E-state index is 12.2. The highest BCUT2D eigenvalue weighted by Crippen LogP contribution is 2.21. The lowest BCUT2D eigenvalue weighted by Crippen LogP contribution is -2.19. The minimum Gasteiger partial charge on any atom is -0.340 e. The molecule has 2 aromatic heterocycles. The number of amides is 2. The standard InChI is InChI=1S/C25H25N7O/c1-16-5-4-6-21(13-16)31-25(33)30-20-9-7-19(8-10-20)29-23-15-24(28-18(3)27-23)32-22-14-17(2)11-12-26-22/h4-15H,1-3H3,(H2,30,31,33)(H2,26,27,28,29,32). The molecule has 0 aliphatic heterocycles. The Hall–Kier alpha value is -4.46. The molecule has 4 N–H and O–H groups in total. The van der Waals surface area contributed by atoms with Gasteiger partial charge < -0.3 is 21.3 Å². The van der Waals surface area contributed by atoms with Crippen LogP contribution in [-0.4, -0.2) is 21.0 Å². The molecule has 2 heterocycles. The van der Waals surface area contributed by atoms with Crippen molar-refractivity contribution in [2.45, 2.75) is 20.8 Å². The second-order valence-electron chi connectivity index (χ2n) is 7.68. The maximum atomic E-state index is 12.2. The first kappa shape index (κ1) is 21.8. The first-order chi connectivity index (χ1) is 15.9. The maximum Gasteiger partial charge on any atom is 0.323 e. The van der Waals surface area contributed by atoms with Crippen molar-refractivity contribution in [2.24, 2.45) is 0 Å². The largest absolute Gasteiger partial charge is 0.340 e. The number of carbonyl (C=O) groups excluding carboxylic acids is 1. The second kappa shape index (κ2) is 9.78. The number of nitrogens with one attached hydrogen (secondary N) is 4. The average molecular weight is 440 g/mol. The molecule has 0 aliphatic rings. The van der Waals surface area contributed by atoms with Crippen LogP contribution in [0.1, 0.15) is 17.0 Å². The Morgan fingerprint density at radius 2 is 1.33 bits per heavy atom. The molecule has 4 aromatic rings. The van der Waals surface area contributed by atoms with Gasteiger partial charge in [0.25, 0.3) is 0 Å². The van der Waals surface area contributed by atoms with E-state index in [1.807, 2.05) is 87.5 Å². The summed E-state index contributed by atoms with van der Waals surface area (Å²) < 4.78 is 0. The summed E-state index contributed by atoms with van der Waals surface area (Å²) in [5.74, 6) is 2.64. The zero-order valence-electron chi connectivity index (χ0n) is 18.7. The Kier molecular flexibility index (Phi) is 6.45. The van der Waals surface area contributed by atoms with Crippen molar-refractivity contribution in [3.05, 3.63) is 89.9 Å². The molecular formula is C25H25N7O. The van der Waals surface area contributed by atoms with E-state index in [1.165, 1.54) is 0 Å². The Balaban J connectivity index is 1.39. The number of hydrogen-bond acceptors (Lipinski definition) is 6. The number of pyridine rings is 1. The summed E-state index contributed by atoms with van der Waals surface area (Å²) in [5, 5.41) is 12.1. The van der Waals surface area contributed by atoms with E-state index in [4.69, 9.17) is 0 Å². The SMILES string of the molecule is Cc1cccc(NC(=O)Nc2ccc(Nc3cc(Nc4cc(C)ccn4)nc(C)n3)cc2)c1. The summed E-state index contributed by atoms with van der Waals surface area (Å²) in [6.45, 7) is 5.82. The van der Waals surface area contributed by atoms with Crippen molar-refractivity contribution in [1.82, 2.24) is 15.0 Å². The van der Waals surface area contributed by atoms with Gasteiger partial charge in [-0.25, -0.2) is 19.7 Å². The molecule has 0 unspecified atom stereocenters. The molecule has 0 aliphatic carbocycles. The Morgan fingerprint density at radius 3 is 2.06 bits per heavy atom. The van der Waals surface area contributed by atoms with E-state index in [1.54, 1.807) is 6.20 Å². The van der Waals surface area contributed by atoms with Crippen molar-refractivity contribution in [3.8, 4) is 0 Å². The van der Waals surface area contributed by atoms with Crippen molar-refractivity contribution < 1.29 is 4.79 Å². The van der Waals surface area contributed by atoms with Gasteiger partial charge in [-0.05, 0) is 80.4 Å². The minimum absolute atomic E-state index is 0.298. The normalized spacial score (nSPS) is 10.4. The van der Waals surface area contributed by atoms with Gasteiger partial charge in [-0.15, -0.1) is 0 Å². The molecule has 4 rings (SSSR count). The third-order valence-corrected chi connectivity index (χ3v) is 4.70. The molecule has 0 radical (unpaired) electrons.